The minimum absolute atomic E-state index is 0.643. The summed E-state index contributed by atoms with van der Waals surface area (Å²) in [5.41, 5.74) is 2.34. The Morgan fingerprint density at radius 3 is 2.75 bits per heavy atom. The van der Waals surface area contributed by atoms with Crippen molar-refractivity contribution in [2.24, 2.45) is 5.92 Å². The Kier molecular flexibility index (Phi) is 2.96. The molecule has 0 aliphatic carbocycles. The van der Waals surface area contributed by atoms with E-state index in [1.165, 1.54) is 38.2 Å². The fraction of sp³-hybridized carbons (Fsp3) is 0.438. The number of nitrogens with one attached hydrogen (secondary N) is 1. The zero-order chi connectivity index (χ0) is 13.4. The smallest absolute Gasteiger partial charge is 0.0647 e. The van der Waals surface area contributed by atoms with Crippen LogP contribution in [-0.2, 0) is 0 Å². The molecule has 20 heavy (non-hydrogen) atoms. The standard InChI is InChI=1S/C16H20N4/c1-8-17-20(9-1)15-4-2-14(3-5-15)18-16-7-11-19-10-6-13(16)12-19/h1-5,8-9,13,16,18H,6-7,10-12H2. The van der Waals surface area contributed by atoms with Gasteiger partial charge >= 0.3 is 0 Å². The van der Waals surface area contributed by atoms with Crippen molar-refractivity contribution >= 4 is 5.69 Å². The van der Waals surface area contributed by atoms with E-state index in [4.69, 9.17) is 0 Å². The van der Waals surface area contributed by atoms with E-state index in [1.807, 2.05) is 16.9 Å². The number of rotatable bonds is 3. The van der Waals surface area contributed by atoms with Gasteiger partial charge in [-0.1, -0.05) is 0 Å². The molecule has 2 aliphatic rings. The van der Waals surface area contributed by atoms with E-state index >= 15 is 0 Å². The van der Waals surface area contributed by atoms with E-state index in [0.29, 0.717) is 6.04 Å². The van der Waals surface area contributed by atoms with Crippen LogP contribution >= 0.6 is 0 Å². The monoisotopic (exact) mass is 268 g/mol. The summed E-state index contributed by atoms with van der Waals surface area (Å²) in [7, 11) is 0. The van der Waals surface area contributed by atoms with Crippen LogP contribution < -0.4 is 5.32 Å². The molecule has 3 atom stereocenters. The van der Waals surface area contributed by atoms with Crippen molar-refractivity contribution in [3.05, 3.63) is 42.7 Å². The SMILES string of the molecule is c1cnn(-c2ccc(NC3CCN4CCC3C4)cc2)c1. The number of anilines is 1. The third-order valence-electron chi connectivity index (χ3n) is 4.62. The van der Waals surface area contributed by atoms with Gasteiger partial charge in [-0.3, -0.25) is 0 Å². The van der Waals surface area contributed by atoms with E-state index in [2.05, 4.69) is 39.6 Å². The highest BCUT2D eigenvalue weighted by Crippen LogP contribution is 2.29. The van der Waals surface area contributed by atoms with Crippen LogP contribution in [0.4, 0.5) is 5.69 Å². The molecule has 2 fully saturated rings. The van der Waals surface area contributed by atoms with Gasteiger partial charge in [0.2, 0.25) is 0 Å². The van der Waals surface area contributed by atoms with Crippen molar-refractivity contribution in [1.82, 2.24) is 14.7 Å². The van der Waals surface area contributed by atoms with Crippen molar-refractivity contribution in [1.29, 1.82) is 0 Å². The first-order chi connectivity index (χ1) is 9.88. The lowest BCUT2D eigenvalue weighted by Gasteiger charge is -2.31. The van der Waals surface area contributed by atoms with Crippen LogP contribution in [0.2, 0.25) is 0 Å². The van der Waals surface area contributed by atoms with E-state index in [-0.39, 0.29) is 0 Å². The highest BCUT2D eigenvalue weighted by molar-refractivity contribution is 5.49. The normalized spacial score (nSPS) is 28.5. The van der Waals surface area contributed by atoms with E-state index in [1.54, 1.807) is 6.20 Å². The van der Waals surface area contributed by atoms with Gasteiger partial charge in [0.1, 0.15) is 0 Å². The molecule has 2 aromatic rings. The molecule has 0 amide bonds. The maximum absolute atomic E-state index is 4.25. The first-order valence-corrected chi connectivity index (χ1v) is 7.47. The second kappa shape index (κ2) is 4.94. The van der Waals surface area contributed by atoms with Crippen LogP contribution in [0.1, 0.15) is 12.8 Å². The zero-order valence-corrected chi connectivity index (χ0v) is 11.6. The van der Waals surface area contributed by atoms with E-state index in [9.17, 15) is 0 Å². The molecule has 0 spiro atoms. The number of nitrogens with zero attached hydrogens (tertiary/aromatic N) is 3. The topological polar surface area (TPSA) is 33.1 Å². The summed E-state index contributed by atoms with van der Waals surface area (Å²) in [5.74, 6) is 0.828. The van der Waals surface area contributed by atoms with Crippen LogP contribution in [0, 0.1) is 5.92 Å². The lowest BCUT2D eigenvalue weighted by Crippen LogP contribution is -2.39. The van der Waals surface area contributed by atoms with Crippen molar-refractivity contribution in [2.45, 2.75) is 18.9 Å². The number of hydrogen-bond donors (Lipinski definition) is 1. The lowest BCUT2D eigenvalue weighted by atomic mass is 9.94. The largest absolute Gasteiger partial charge is 0.382 e. The van der Waals surface area contributed by atoms with Gasteiger partial charge < -0.3 is 10.2 Å². The van der Waals surface area contributed by atoms with Crippen molar-refractivity contribution in [3.63, 3.8) is 0 Å². The Balaban J connectivity index is 1.46. The van der Waals surface area contributed by atoms with Gasteiger partial charge in [-0.15, -0.1) is 0 Å². The molecule has 104 valence electrons. The first kappa shape index (κ1) is 12.0. The van der Waals surface area contributed by atoms with Gasteiger partial charge in [0.05, 0.1) is 5.69 Å². The molecular weight excluding hydrogens is 248 g/mol. The molecule has 2 saturated heterocycles. The average molecular weight is 268 g/mol. The summed E-state index contributed by atoms with van der Waals surface area (Å²) in [6.07, 6.45) is 6.39. The van der Waals surface area contributed by atoms with Gasteiger partial charge in [0.25, 0.3) is 0 Å². The quantitative estimate of drug-likeness (QED) is 0.928. The van der Waals surface area contributed by atoms with E-state index < -0.39 is 0 Å². The van der Waals surface area contributed by atoms with Crippen molar-refractivity contribution < 1.29 is 0 Å². The van der Waals surface area contributed by atoms with Gasteiger partial charge in [-0.25, -0.2) is 4.68 Å². The van der Waals surface area contributed by atoms with E-state index in [0.717, 1.165) is 11.6 Å². The molecule has 2 bridgehead atoms. The van der Waals surface area contributed by atoms with Gasteiger partial charge in [0.15, 0.2) is 0 Å². The van der Waals surface area contributed by atoms with Crippen LogP contribution in [0.5, 0.6) is 0 Å². The Morgan fingerprint density at radius 2 is 1.95 bits per heavy atom. The molecule has 3 heterocycles. The number of piperidine rings is 1. The van der Waals surface area contributed by atoms with Gasteiger partial charge in [-0.2, -0.15) is 5.10 Å². The van der Waals surface area contributed by atoms with Crippen LogP contribution in [0.15, 0.2) is 42.7 Å². The number of fused-ring (bicyclic) bond motifs is 2. The van der Waals surface area contributed by atoms with Gasteiger partial charge in [-0.05, 0) is 55.6 Å². The lowest BCUT2D eigenvalue weighted by molar-refractivity contribution is 0.255. The number of aromatic nitrogens is 2. The molecule has 4 rings (SSSR count). The third-order valence-corrected chi connectivity index (χ3v) is 4.62. The third kappa shape index (κ3) is 2.20. The summed E-state index contributed by atoms with van der Waals surface area (Å²) in [4.78, 5) is 2.59. The molecule has 2 aliphatic heterocycles. The minimum Gasteiger partial charge on any atom is -0.382 e. The first-order valence-electron chi connectivity index (χ1n) is 7.47. The minimum atomic E-state index is 0.643. The fourth-order valence-corrected chi connectivity index (χ4v) is 3.49. The Labute approximate surface area is 119 Å². The summed E-state index contributed by atoms with van der Waals surface area (Å²) in [6, 6.07) is 11.2. The Morgan fingerprint density at radius 1 is 1.10 bits per heavy atom. The molecule has 0 radical (unpaired) electrons. The molecular formula is C16H20N4. The van der Waals surface area contributed by atoms with Crippen LogP contribution in [0.3, 0.4) is 0 Å². The second-order valence-electron chi connectivity index (χ2n) is 5.89. The predicted octanol–water partition coefficient (Wildman–Crippen LogP) is 2.38. The fourth-order valence-electron chi connectivity index (χ4n) is 3.49. The van der Waals surface area contributed by atoms with Gasteiger partial charge in [0, 0.05) is 37.2 Å². The molecule has 1 aromatic heterocycles. The number of benzene rings is 1. The highest BCUT2D eigenvalue weighted by Gasteiger charge is 2.33. The summed E-state index contributed by atoms with van der Waals surface area (Å²) in [5, 5.41) is 7.98. The molecule has 4 nitrogen and oxygen atoms in total. The molecule has 0 saturated carbocycles. The predicted molar refractivity (Wildman–Crippen MR) is 80.1 cm³/mol. The van der Waals surface area contributed by atoms with Crippen LogP contribution in [0.25, 0.3) is 5.69 Å². The maximum atomic E-state index is 4.25. The molecule has 3 unspecified atom stereocenters. The zero-order valence-electron chi connectivity index (χ0n) is 11.6. The summed E-state index contributed by atoms with van der Waals surface area (Å²) >= 11 is 0. The highest BCUT2D eigenvalue weighted by atomic mass is 15.3. The van der Waals surface area contributed by atoms with Crippen molar-refractivity contribution in [2.75, 3.05) is 25.0 Å². The molecule has 1 N–H and O–H groups in total. The second-order valence-corrected chi connectivity index (χ2v) is 5.89. The van der Waals surface area contributed by atoms with Crippen molar-refractivity contribution in [3.8, 4) is 5.69 Å². The number of hydrogen-bond acceptors (Lipinski definition) is 3. The molecule has 4 heteroatoms. The molecule has 1 aromatic carbocycles. The Bertz CT molecular complexity index is 561. The Hall–Kier alpha value is -1.81. The maximum Gasteiger partial charge on any atom is 0.0647 e. The summed E-state index contributed by atoms with van der Waals surface area (Å²) in [6.45, 7) is 3.82. The van der Waals surface area contributed by atoms with Crippen LogP contribution in [-0.4, -0.2) is 40.4 Å². The summed E-state index contributed by atoms with van der Waals surface area (Å²) < 4.78 is 1.89. The average Bonchev–Trinajstić information content (AvgIpc) is 3.14.